The maximum atomic E-state index is 14.0. The highest BCUT2D eigenvalue weighted by atomic mass is 16.4. The Kier molecular flexibility index (Phi) is 19.5. The molecule has 0 aliphatic carbocycles. The molecule has 0 heterocycles. The minimum Gasteiger partial charge on any atom is -0.480 e. The molecule has 10 atom stereocenters. The van der Waals surface area contributed by atoms with Crippen LogP contribution < -0.4 is 32.3 Å². The summed E-state index contributed by atoms with van der Waals surface area (Å²) < 4.78 is 0. The van der Waals surface area contributed by atoms with Crippen LogP contribution in [0.25, 0.3) is 0 Å². The summed E-state index contributed by atoms with van der Waals surface area (Å²) in [5.41, 5.74) is 6.90. The number of amides is 5. The maximum Gasteiger partial charge on any atom is 0.326 e. The molecule has 1 aromatic carbocycles. The summed E-state index contributed by atoms with van der Waals surface area (Å²) in [4.78, 5) is 80.1. The molecule has 288 valence electrons. The van der Waals surface area contributed by atoms with Gasteiger partial charge >= 0.3 is 5.97 Å². The highest BCUT2D eigenvalue weighted by Gasteiger charge is 2.37. The summed E-state index contributed by atoms with van der Waals surface area (Å²) in [6.07, 6.45) is 2.38. The second-order valence-electron chi connectivity index (χ2n) is 14.3. The predicted octanol–water partition coefficient (Wildman–Crippen LogP) is 2.91. The molecule has 8 N–H and O–H groups in total. The number of rotatable bonds is 22. The van der Waals surface area contributed by atoms with Gasteiger partial charge in [-0.1, -0.05) is 125 Å². The lowest BCUT2D eigenvalue weighted by atomic mass is 9.92. The molecule has 0 aliphatic rings. The number of carbonyl (C=O) groups excluding carboxylic acids is 5. The van der Waals surface area contributed by atoms with E-state index >= 15 is 0 Å². The third kappa shape index (κ3) is 13.9. The Morgan fingerprint density at radius 1 is 0.549 bits per heavy atom. The van der Waals surface area contributed by atoms with Crippen molar-refractivity contribution in [3.8, 4) is 0 Å². The van der Waals surface area contributed by atoms with Crippen molar-refractivity contribution in [3.05, 3.63) is 35.9 Å². The molecule has 1 rings (SSSR count). The molecule has 5 amide bonds. The molecule has 0 fully saturated rings. The molecule has 0 bridgehead atoms. The van der Waals surface area contributed by atoms with E-state index in [0.717, 1.165) is 5.56 Å². The van der Waals surface area contributed by atoms with Crippen molar-refractivity contribution in [2.24, 2.45) is 35.3 Å². The molecular weight excluding hydrogens is 652 g/mol. The van der Waals surface area contributed by atoms with Gasteiger partial charge in [0, 0.05) is 6.42 Å². The average molecular weight is 717 g/mol. The van der Waals surface area contributed by atoms with E-state index < -0.39 is 77.7 Å². The molecule has 0 saturated carbocycles. The van der Waals surface area contributed by atoms with E-state index in [1.165, 1.54) is 0 Å². The Morgan fingerprint density at radius 3 is 1.29 bits per heavy atom. The summed E-state index contributed by atoms with van der Waals surface area (Å²) in [6, 6.07) is 2.81. The van der Waals surface area contributed by atoms with Crippen LogP contribution in [-0.4, -0.2) is 76.9 Å². The Labute approximate surface area is 304 Å². The van der Waals surface area contributed by atoms with Crippen molar-refractivity contribution in [1.29, 1.82) is 0 Å². The Bertz CT molecular complexity index is 1290. The molecule has 51 heavy (non-hydrogen) atoms. The van der Waals surface area contributed by atoms with Gasteiger partial charge in [0.2, 0.25) is 29.5 Å². The molecule has 13 nitrogen and oxygen atoms in total. The van der Waals surface area contributed by atoms with E-state index in [-0.39, 0.29) is 30.1 Å². The molecule has 1 aromatic rings. The van der Waals surface area contributed by atoms with Crippen LogP contribution in [0.2, 0.25) is 0 Å². The van der Waals surface area contributed by atoms with Gasteiger partial charge in [-0.05, 0) is 35.2 Å². The number of nitrogens with two attached hydrogens (primary N) is 1. The highest BCUT2D eigenvalue weighted by Crippen LogP contribution is 2.16. The second kappa shape index (κ2) is 22.0. The minimum absolute atomic E-state index is 0.0823. The van der Waals surface area contributed by atoms with Gasteiger partial charge in [-0.25, -0.2) is 4.79 Å². The lowest BCUT2D eigenvalue weighted by Crippen LogP contribution is -2.62. The number of aliphatic carboxylic acids is 1. The summed E-state index contributed by atoms with van der Waals surface area (Å²) >= 11 is 0. The van der Waals surface area contributed by atoms with Gasteiger partial charge in [-0.3, -0.25) is 24.0 Å². The van der Waals surface area contributed by atoms with Crippen molar-refractivity contribution >= 4 is 35.5 Å². The zero-order valence-electron chi connectivity index (χ0n) is 32.2. The second-order valence-corrected chi connectivity index (χ2v) is 14.3. The van der Waals surface area contributed by atoms with Crippen LogP contribution >= 0.6 is 0 Å². The molecule has 13 heteroatoms. The lowest BCUT2D eigenvalue weighted by Gasteiger charge is -2.32. The third-order valence-corrected chi connectivity index (χ3v) is 10.1. The first kappa shape index (κ1) is 45.0. The van der Waals surface area contributed by atoms with Crippen LogP contribution in [0.1, 0.15) is 100 Å². The van der Waals surface area contributed by atoms with Crippen LogP contribution in [0, 0.1) is 29.6 Å². The number of carboxylic acids is 1. The standard InChI is InChI=1S/C38H64N6O7/c1-11-22(7)28(39)34(46)42-31(24(9)13-3)36(48)44-32(25(10)14-4)37(49)43-30(23(8)12-2)35(47)40-27(20-26-18-16-15-17-19-26)33(45)41-29(21(5)6)38(50)51/h15-19,21-25,27-32H,11-14,20,39H2,1-10H3,(H,40,47)(H,41,45)(H,42,46)(H,43,49)(H,44,48)(H,50,51)/t22-,23-,24-,25-,27-,28-,29-,30-,31-,32-/m0/s1. The molecule has 0 radical (unpaired) electrons. The van der Waals surface area contributed by atoms with Gasteiger partial charge in [0.15, 0.2) is 0 Å². The minimum atomic E-state index is -1.19. The maximum absolute atomic E-state index is 14.0. The van der Waals surface area contributed by atoms with Gasteiger partial charge in [-0.15, -0.1) is 0 Å². The fourth-order valence-corrected chi connectivity index (χ4v) is 5.44. The number of nitrogens with one attached hydrogen (secondary N) is 5. The van der Waals surface area contributed by atoms with Gasteiger partial charge in [-0.2, -0.15) is 0 Å². The smallest absolute Gasteiger partial charge is 0.326 e. The molecule has 0 unspecified atom stereocenters. The molecule has 0 aromatic heterocycles. The van der Waals surface area contributed by atoms with Crippen molar-refractivity contribution < 1.29 is 33.9 Å². The number of carbonyl (C=O) groups is 6. The van der Waals surface area contributed by atoms with Crippen molar-refractivity contribution in [2.75, 3.05) is 0 Å². The zero-order valence-corrected chi connectivity index (χ0v) is 32.2. The van der Waals surface area contributed by atoms with E-state index in [4.69, 9.17) is 5.73 Å². The zero-order chi connectivity index (χ0) is 39.0. The van der Waals surface area contributed by atoms with E-state index in [2.05, 4.69) is 26.6 Å². The van der Waals surface area contributed by atoms with Crippen LogP contribution in [0.3, 0.4) is 0 Å². The topological polar surface area (TPSA) is 209 Å². The number of hydrogen-bond acceptors (Lipinski definition) is 7. The lowest BCUT2D eigenvalue weighted by molar-refractivity contribution is -0.143. The van der Waals surface area contributed by atoms with Gasteiger partial charge in [0.1, 0.15) is 30.2 Å². The normalized spacial score (nSPS) is 17.3. The van der Waals surface area contributed by atoms with Crippen LogP contribution in [0.4, 0.5) is 0 Å². The summed E-state index contributed by atoms with van der Waals surface area (Å²) in [6.45, 7) is 18.2. The van der Waals surface area contributed by atoms with E-state index in [1.54, 1.807) is 45.0 Å². The van der Waals surface area contributed by atoms with Crippen molar-refractivity contribution in [1.82, 2.24) is 26.6 Å². The highest BCUT2D eigenvalue weighted by molar-refractivity contribution is 5.96. The van der Waals surface area contributed by atoms with Crippen molar-refractivity contribution in [3.63, 3.8) is 0 Å². The quantitative estimate of drug-likeness (QED) is 0.0947. The molecule has 0 aliphatic heterocycles. The largest absolute Gasteiger partial charge is 0.480 e. The number of benzene rings is 1. The summed E-state index contributed by atoms with van der Waals surface area (Å²) in [7, 11) is 0. The van der Waals surface area contributed by atoms with E-state index in [0.29, 0.717) is 25.7 Å². The van der Waals surface area contributed by atoms with Gasteiger partial charge < -0.3 is 37.4 Å². The first-order valence-electron chi connectivity index (χ1n) is 18.5. The first-order chi connectivity index (χ1) is 23.9. The van der Waals surface area contributed by atoms with Gasteiger partial charge in [0.25, 0.3) is 0 Å². The Balaban J connectivity index is 3.37. The fraction of sp³-hybridized carbons (Fsp3) is 0.684. The Hall–Kier alpha value is -4.00. The Morgan fingerprint density at radius 2 is 0.922 bits per heavy atom. The molecule has 0 spiro atoms. The van der Waals surface area contributed by atoms with E-state index in [1.807, 2.05) is 54.5 Å². The first-order valence-corrected chi connectivity index (χ1v) is 18.5. The number of carboxylic acid groups (broad SMARTS) is 1. The van der Waals surface area contributed by atoms with Crippen molar-refractivity contribution in [2.45, 2.75) is 138 Å². The average Bonchev–Trinajstić information content (AvgIpc) is 3.11. The third-order valence-electron chi connectivity index (χ3n) is 10.1. The molecule has 0 saturated heterocycles. The van der Waals surface area contributed by atoms with Crippen LogP contribution in [-0.2, 0) is 35.2 Å². The molecular formula is C38H64N6O7. The fourth-order valence-electron chi connectivity index (χ4n) is 5.44. The predicted molar refractivity (Wildman–Crippen MR) is 198 cm³/mol. The summed E-state index contributed by atoms with van der Waals surface area (Å²) in [5, 5.41) is 23.5. The van der Waals surface area contributed by atoms with Crippen LogP contribution in [0.15, 0.2) is 30.3 Å². The van der Waals surface area contributed by atoms with E-state index in [9.17, 15) is 33.9 Å². The SMILES string of the molecule is CC[C@H](C)[C@H](N)C(=O)N[C@H](C(=O)N[C@H](C(=O)N[C@H](C(=O)N[C@@H](Cc1ccccc1)C(=O)N[C@H](C(=O)O)C(C)C)[C@@H](C)CC)[C@@H](C)CC)[C@@H](C)CC. The van der Waals surface area contributed by atoms with Gasteiger partial charge in [0.05, 0.1) is 6.04 Å². The number of hydrogen-bond donors (Lipinski definition) is 7. The van der Waals surface area contributed by atoms with Crippen LogP contribution in [0.5, 0.6) is 0 Å². The monoisotopic (exact) mass is 716 g/mol. The summed E-state index contributed by atoms with van der Waals surface area (Å²) in [5.74, 6) is -5.53.